The fourth-order valence-corrected chi connectivity index (χ4v) is 5.24. The van der Waals surface area contributed by atoms with E-state index in [2.05, 4.69) is 5.10 Å². The van der Waals surface area contributed by atoms with Crippen LogP contribution in [-0.4, -0.2) is 32.8 Å². The van der Waals surface area contributed by atoms with E-state index in [1.807, 2.05) is 30.3 Å². The maximum absolute atomic E-state index is 13.5. The standard InChI is InChI=1S/C23H21ClN2O4S/c1-29-17-12-16(13-18(14-17)30-2)22-15-23(20-10-6-7-11-21(20)24)26(25-22)31(27,28)19-8-4-3-5-9-19/h3-14,23H,15H2,1-2H3/t23-/m1/s1. The lowest BCUT2D eigenvalue weighted by atomic mass is 9.99. The third-order valence-corrected chi connectivity index (χ3v) is 7.15. The lowest BCUT2D eigenvalue weighted by Gasteiger charge is -2.24. The average molecular weight is 457 g/mol. The highest BCUT2D eigenvalue weighted by Crippen LogP contribution is 2.40. The maximum Gasteiger partial charge on any atom is 0.279 e. The van der Waals surface area contributed by atoms with Crippen LogP contribution in [0.2, 0.25) is 5.02 Å². The molecule has 0 N–H and O–H groups in total. The number of methoxy groups -OCH3 is 2. The maximum atomic E-state index is 13.5. The van der Waals surface area contributed by atoms with Crippen molar-refractivity contribution in [3.63, 3.8) is 0 Å². The Morgan fingerprint density at radius 1 is 0.935 bits per heavy atom. The number of benzene rings is 3. The number of nitrogens with zero attached hydrogens (tertiary/aromatic N) is 2. The van der Waals surface area contributed by atoms with Crippen LogP contribution in [0.4, 0.5) is 0 Å². The van der Waals surface area contributed by atoms with Crippen LogP contribution in [0.3, 0.4) is 0 Å². The molecule has 0 saturated heterocycles. The Balaban J connectivity index is 1.84. The molecule has 0 unspecified atom stereocenters. The minimum atomic E-state index is -3.90. The van der Waals surface area contributed by atoms with Crippen molar-refractivity contribution in [1.29, 1.82) is 0 Å². The van der Waals surface area contributed by atoms with Crippen LogP contribution in [0.15, 0.2) is 82.8 Å². The highest BCUT2D eigenvalue weighted by molar-refractivity contribution is 7.89. The van der Waals surface area contributed by atoms with Gasteiger partial charge in [0.1, 0.15) is 11.5 Å². The van der Waals surface area contributed by atoms with Crippen LogP contribution in [0, 0.1) is 0 Å². The fourth-order valence-electron chi connectivity index (χ4n) is 3.54. The van der Waals surface area contributed by atoms with Crippen LogP contribution in [0.25, 0.3) is 0 Å². The largest absolute Gasteiger partial charge is 0.497 e. The number of halogens is 1. The smallest absolute Gasteiger partial charge is 0.279 e. The zero-order valence-electron chi connectivity index (χ0n) is 17.0. The number of hydrogen-bond donors (Lipinski definition) is 0. The van der Waals surface area contributed by atoms with Gasteiger partial charge in [0.25, 0.3) is 10.0 Å². The van der Waals surface area contributed by atoms with Gasteiger partial charge in [-0.05, 0) is 35.9 Å². The first kappa shape index (κ1) is 21.2. The summed E-state index contributed by atoms with van der Waals surface area (Å²) in [6.45, 7) is 0. The molecule has 1 heterocycles. The summed E-state index contributed by atoms with van der Waals surface area (Å²) in [7, 11) is -0.774. The van der Waals surface area contributed by atoms with Crippen molar-refractivity contribution >= 4 is 27.3 Å². The van der Waals surface area contributed by atoms with Crippen molar-refractivity contribution in [1.82, 2.24) is 4.41 Å². The summed E-state index contributed by atoms with van der Waals surface area (Å²) >= 11 is 6.44. The Bertz CT molecular complexity index is 1210. The molecule has 1 aliphatic heterocycles. The van der Waals surface area contributed by atoms with E-state index in [1.54, 1.807) is 56.7 Å². The first-order valence-corrected chi connectivity index (χ1v) is 11.4. The summed E-state index contributed by atoms with van der Waals surface area (Å²) in [6, 6.07) is 20.3. The Labute approximate surface area is 186 Å². The Hall–Kier alpha value is -3.03. The van der Waals surface area contributed by atoms with E-state index in [-0.39, 0.29) is 4.90 Å². The van der Waals surface area contributed by atoms with Crippen molar-refractivity contribution in [2.75, 3.05) is 14.2 Å². The van der Waals surface area contributed by atoms with Gasteiger partial charge in [0.05, 0.1) is 30.9 Å². The number of ether oxygens (including phenoxy) is 2. The van der Waals surface area contributed by atoms with Gasteiger partial charge in [-0.15, -0.1) is 0 Å². The fraction of sp³-hybridized carbons (Fsp3) is 0.174. The van der Waals surface area contributed by atoms with Gasteiger partial charge in [-0.1, -0.05) is 48.0 Å². The van der Waals surface area contributed by atoms with Crippen LogP contribution in [-0.2, 0) is 10.0 Å². The monoisotopic (exact) mass is 456 g/mol. The highest BCUT2D eigenvalue weighted by atomic mass is 35.5. The predicted octanol–water partition coefficient (Wildman–Crippen LogP) is 4.90. The minimum Gasteiger partial charge on any atom is -0.497 e. The van der Waals surface area contributed by atoms with Crippen LogP contribution in [0.5, 0.6) is 11.5 Å². The third kappa shape index (κ3) is 4.11. The van der Waals surface area contributed by atoms with Gasteiger partial charge in [-0.25, -0.2) is 0 Å². The molecular weight excluding hydrogens is 436 g/mol. The Morgan fingerprint density at radius 2 is 1.55 bits per heavy atom. The quantitative estimate of drug-likeness (QED) is 0.529. The van der Waals surface area contributed by atoms with Crippen molar-refractivity contribution < 1.29 is 17.9 Å². The van der Waals surface area contributed by atoms with Crippen LogP contribution >= 0.6 is 11.6 Å². The van der Waals surface area contributed by atoms with Crippen LogP contribution in [0.1, 0.15) is 23.6 Å². The molecule has 31 heavy (non-hydrogen) atoms. The van der Waals surface area contributed by atoms with Gasteiger partial charge in [-0.3, -0.25) is 0 Å². The minimum absolute atomic E-state index is 0.167. The van der Waals surface area contributed by atoms with Gasteiger partial charge in [0.15, 0.2) is 0 Å². The number of rotatable bonds is 6. The van der Waals surface area contributed by atoms with Crippen molar-refractivity contribution in [2.45, 2.75) is 17.4 Å². The van der Waals surface area contributed by atoms with E-state index >= 15 is 0 Å². The van der Waals surface area contributed by atoms with E-state index < -0.39 is 16.1 Å². The van der Waals surface area contributed by atoms with Gasteiger partial charge in [-0.2, -0.15) is 17.9 Å². The molecule has 0 spiro atoms. The molecule has 8 heteroatoms. The van der Waals surface area contributed by atoms with Gasteiger partial charge in [0, 0.05) is 23.1 Å². The molecule has 0 radical (unpaired) electrons. The van der Waals surface area contributed by atoms with Crippen molar-refractivity contribution in [3.8, 4) is 11.5 Å². The second-order valence-corrected chi connectivity index (χ2v) is 9.18. The molecule has 0 saturated carbocycles. The van der Waals surface area contributed by atoms with Gasteiger partial charge >= 0.3 is 0 Å². The topological polar surface area (TPSA) is 68.2 Å². The molecule has 6 nitrogen and oxygen atoms in total. The molecule has 0 fully saturated rings. The SMILES string of the molecule is COc1cc(OC)cc(C2=NN(S(=O)(=O)c3ccccc3)[C@@H](c3ccccc3Cl)C2)c1. The Kier molecular flexibility index (Phi) is 5.89. The van der Waals surface area contributed by atoms with Gasteiger partial charge < -0.3 is 9.47 Å². The normalized spacial score (nSPS) is 16.2. The average Bonchev–Trinajstić information content (AvgIpc) is 3.26. The Morgan fingerprint density at radius 3 is 2.16 bits per heavy atom. The molecule has 160 valence electrons. The van der Waals surface area contributed by atoms with E-state index in [0.717, 1.165) is 9.98 Å². The number of hydrazone groups is 1. The lowest BCUT2D eigenvalue weighted by Crippen LogP contribution is -2.27. The summed E-state index contributed by atoms with van der Waals surface area (Å²) in [5, 5.41) is 5.03. The van der Waals surface area contributed by atoms with Crippen molar-refractivity contribution in [3.05, 3.63) is 88.9 Å². The first-order chi connectivity index (χ1) is 14.9. The summed E-state index contributed by atoms with van der Waals surface area (Å²) in [5.74, 6) is 1.19. The molecule has 0 aliphatic carbocycles. The lowest BCUT2D eigenvalue weighted by molar-refractivity contribution is 0.371. The predicted molar refractivity (Wildman–Crippen MR) is 120 cm³/mol. The molecule has 4 rings (SSSR count). The van der Waals surface area contributed by atoms with E-state index in [4.69, 9.17) is 21.1 Å². The summed E-state index contributed by atoms with van der Waals surface area (Å²) in [6.07, 6.45) is 0.353. The zero-order chi connectivity index (χ0) is 22.0. The molecule has 3 aromatic rings. The molecule has 0 aromatic heterocycles. The molecule has 0 bridgehead atoms. The number of hydrogen-bond acceptors (Lipinski definition) is 5. The zero-order valence-corrected chi connectivity index (χ0v) is 18.6. The molecular formula is C23H21ClN2O4S. The van der Waals surface area contributed by atoms with E-state index in [9.17, 15) is 8.42 Å². The summed E-state index contributed by atoms with van der Waals surface area (Å²) in [4.78, 5) is 0.167. The van der Waals surface area contributed by atoms with Crippen molar-refractivity contribution in [2.24, 2.45) is 5.10 Å². The second kappa shape index (κ2) is 8.61. The van der Waals surface area contributed by atoms with E-state index in [0.29, 0.717) is 34.2 Å². The highest BCUT2D eigenvalue weighted by Gasteiger charge is 2.38. The van der Waals surface area contributed by atoms with Crippen LogP contribution < -0.4 is 9.47 Å². The molecule has 1 atom stereocenters. The van der Waals surface area contributed by atoms with E-state index in [1.165, 1.54) is 0 Å². The summed E-state index contributed by atoms with van der Waals surface area (Å²) in [5.41, 5.74) is 2.01. The summed E-state index contributed by atoms with van der Waals surface area (Å²) < 4.78 is 38.8. The molecule has 3 aromatic carbocycles. The second-order valence-electron chi connectivity index (χ2n) is 6.98. The molecule has 1 aliphatic rings. The third-order valence-electron chi connectivity index (χ3n) is 5.11. The number of sulfonamides is 1. The molecule has 0 amide bonds. The van der Waals surface area contributed by atoms with Gasteiger partial charge in [0.2, 0.25) is 0 Å². The first-order valence-electron chi connectivity index (χ1n) is 9.59.